The van der Waals surface area contributed by atoms with Crippen molar-refractivity contribution in [3.63, 3.8) is 0 Å². The lowest BCUT2D eigenvalue weighted by atomic mass is 9.73. The van der Waals surface area contributed by atoms with Crippen LogP contribution in [0.1, 0.15) is 38.7 Å². The number of aliphatic hydroxyl groups is 1. The highest BCUT2D eigenvalue weighted by molar-refractivity contribution is 6.51. The average Bonchev–Trinajstić information content (AvgIpc) is 2.99. The number of hydrogen-bond acceptors (Lipinski definition) is 8. The van der Waals surface area contributed by atoms with Gasteiger partial charge in [-0.25, -0.2) is 0 Å². The predicted molar refractivity (Wildman–Crippen MR) is 116 cm³/mol. The lowest BCUT2D eigenvalue weighted by Crippen LogP contribution is -2.52. The van der Waals surface area contributed by atoms with E-state index in [1.807, 2.05) is 44.2 Å². The van der Waals surface area contributed by atoms with Gasteiger partial charge in [-0.1, -0.05) is 44.2 Å². The van der Waals surface area contributed by atoms with E-state index in [2.05, 4.69) is 5.32 Å². The summed E-state index contributed by atoms with van der Waals surface area (Å²) in [5.41, 5.74) is 5.02. The van der Waals surface area contributed by atoms with Crippen LogP contribution in [-0.4, -0.2) is 70.6 Å². The highest BCUT2D eigenvalue weighted by atomic mass is 16.7. The first-order valence-electron chi connectivity index (χ1n) is 10.6. The molecular formula is C21H31BN2O8. The van der Waals surface area contributed by atoms with E-state index in [-0.39, 0.29) is 12.5 Å². The van der Waals surface area contributed by atoms with Crippen molar-refractivity contribution >= 4 is 25.0 Å². The summed E-state index contributed by atoms with van der Waals surface area (Å²) in [7, 11) is -1.19. The van der Waals surface area contributed by atoms with E-state index >= 15 is 0 Å². The van der Waals surface area contributed by atoms with Gasteiger partial charge in [0, 0.05) is 12.6 Å². The Morgan fingerprint density at radius 1 is 1.16 bits per heavy atom. The molecule has 1 heterocycles. The van der Waals surface area contributed by atoms with Crippen molar-refractivity contribution in [2.45, 2.75) is 63.2 Å². The molecule has 0 bridgehead atoms. The van der Waals surface area contributed by atoms with E-state index in [0.29, 0.717) is 12.8 Å². The minimum atomic E-state index is -2.10. The number of carboxylic acids is 2. The van der Waals surface area contributed by atoms with Crippen LogP contribution >= 0.6 is 0 Å². The van der Waals surface area contributed by atoms with Crippen LogP contribution in [0.5, 0.6) is 0 Å². The van der Waals surface area contributed by atoms with Crippen molar-refractivity contribution in [1.82, 2.24) is 5.32 Å². The maximum atomic E-state index is 12.4. The second-order valence-electron chi connectivity index (χ2n) is 8.59. The van der Waals surface area contributed by atoms with Gasteiger partial charge in [0.1, 0.15) is 0 Å². The third-order valence-electron chi connectivity index (χ3n) is 5.26. The van der Waals surface area contributed by atoms with Crippen LogP contribution in [0.4, 0.5) is 0 Å². The Hall–Kier alpha value is -2.47. The molecule has 1 aromatic rings. The molecule has 0 spiro atoms. The molecule has 2 rings (SSSR count). The molecule has 0 saturated carbocycles. The van der Waals surface area contributed by atoms with Gasteiger partial charge in [-0.2, -0.15) is 0 Å². The van der Waals surface area contributed by atoms with Crippen molar-refractivity contribution in [2.75, 3.05) is 6.54 Å². The lowest BCUT2D eigenvalue weighted by molar-refractivity contribution is -0.157. The van der Waals surface area contributed by atoms with Crippen LogP contribution in [0.15, 0.2) is 30.3 Å². The molecule has 1 saturated heterocycles. The second-order valence-corrected chi connectivity index (χ2v) is 8.59. The molecule has 0 aliphatic carbocycles. The zero-order valence-electron chi connectivity index (χ0n) is 18.3. The van der Waals surface area contributed by atoms with Gasteiger partial charge < -0.3 is 35.7 Å². The quantitative estimate of drug-likeness (QED) is 0.262. The van der Waals surface area contributed by atoms with Crippen molar-refractivity contribution in [3.05, 3.63) is 35.9 Å². The van der Waals surface area contributed by atoms with E-state index in [1.165, 1.54) is 0 Å². The van der Waals surface area contributed by atoms with E-state index in [4.69, 9.17) is 25.3 Å². The Morgan fingerprint density at radius 2 is 1.75 bits per heavy atom. The fourth-order valence-corrected chi connectivity index (χ4v) is 3.69. The molecule has 3 atom stereocenters. The lowest BCUT2D eigenvalue weighted by Gasteiger charge is -2.26. The Labute approximate surface area is 187 Å². The molecule has 0 radical (unpaired) electrons. The average molecular weight is 450 g/mol. The maximum absolute atomic E-state index is 12.4. The molecule has 11 heteroatoms. The Bertz CT molecular complexity index is 775. The topological polar surface area (TPSA) is 168 Å². The van der Waals surface area contributed by atoms with Gasteiger partial charge in [-0.3, -0.25) is 14.4 Å². The standard InChI is InChI=1S/C21H31BN2O8/c1-13(2)8-17(24-12-16(25)15(23)9-14-6-4-3-5-7-14)22-31-20(30)21(32-22,10-18(26)27)11-19(28)29/h3-7,13,15-17,24-25H,8-12,23H2,1-2H3,(H,26,27)(H,28,29). The van der Waals surface area contributed by atoms with Gasteiger partial charge >= 0.3 is 25.0 Å². The minimum Gasteiger partial charge on any atom is -0.506 e. The van der Waals surface area contributed by atoms with Crippen LogP contribution in [0.3, 0.4) is 0 Å². The summed E-state index contributed by atoms with van der Waals surface area (Å²) in [4.78, 5) is 34.9. The summed E-state index contributed by atoms with van der Waals surface area (Å²) in [5, 5.41) is 31.9. The van der Waals surface area contributed by atoms with Crippen LogP contribution < -0.4 is 11.1 Å². The zero-order chi connectivity index (χ0) is 23.9. The summed E-state index contributed by atoms with van der Waals surface area (Å²) in [6.45, 7) is 3.95. The molecule has 3 unspecified atom stereocenters. The van der Waals surface area contributed by atoms with Gasteiger partial charge in [0.15, 0.2) is 5.60 Å². The third-order valence-corrected chi connectivity index (χ3v) is 5.26. The highest BCUT2D eigenvalue weighted by Crippen LogP contribution is 2.32. The molecule has 0 amide bonds. The molecule has 1 fully saturated rings. The number of carbonyl (C=O) groups is 3. The first-order chi connectivity index (χ1) is 15.0. The number of rotatable bonds is 13. The zero-order valence-corrected chi connectivity index (χ0v) is 18.3. The molecule has 6 N–H and O–H groups in total. The molecule has 10 nitrogen and oxygen atoms in total. The predicted octanol–water partition coefficient (Wildman–Crippen LogP) is 0.211. The van der Waals surface area contributed by atoms with Crippen molar-refractivity contribution < 1.29 is 39.0 Å². The number of carboxylic acid groups (broad SMARTS) is 2. The van der Waals surface area contributed by atoms with Crippen LogP contribution in [0, 0.1) is 5.92 Å². The molecule has 0 aromatic heterocycles. The minimum absolute atomic E-state index is 0.0770. The summed E-state index contributed by atoms with van der Waals surface area (Å²) < 4.78 is 10.9. The van der Waals surface area contributed by atoms with Crippen molar-refractivity contribution in [1.29, 1.82) is 0 Å². The number of aliphatic carboxylic acids is 2. The van der Waals surface area contributed by atoms with E-state index < -0.39 is 61.6 Å². The number of nitrogens with one attached hydrogen (secondary N) is 1. The normalized spacial score (nSPS) is 18.3. The molecule has 176 valence electrons. The monoisotopic (exact) mass is 450 g/mol. The van der Waals surface area contributed by atoms with E-state index in [9.17, 15) is 19.5 Å². The van der Waals surface area contributed by atoms with Gasteiger partial charge in [0.05, 0.1) is 24.9 Å². The Morgan fingerprint density at radius 3 is 2.28 bits per heavy atom. The van der Waals surface area contributed by atoms with Gasteiger partial charge in [-0.15, -0.1) is 0 Å². The second kappa shape index (κ2) is 11.4. The van der Waals surface area contributed by atoms with Crippen molar-refractivity contribution in [2.24, 2.45) is 11.7 Å². The number of carbonyl (C=O) groups excluding carboxylic acids is 1. The molecule has 1 aromatic carbocycles. The number of benzene rings is 1. The molecule has 1 aliphatic heterocycles. The Kier molecular flexibility index (Phi) is 9.20. The Balaban J connectivity index is 2.06. The van der Waals surface area contributed by atoms with E-state index in [0.717, 1.165) is 5.56 Å². The van der Waals surface area contributed by atoms with Crippen molar-refractivity contribution in [3.8, 4) is 0 Å². The number of hydrogen-bond donors (Lipinski definition) is 5. The van der Waals surface area contributed by atoms with Gasteiger partial charge in [-0.05, 0) is 24.3 Å². The molecule has 1 aliphatic rings. The summed E-state index contributed by atoms with van der Waals surface area (Å²) in [6.07, 6.45) is -1.63. The molecular weight excluding hydrogens is 419 g/mol. The maximum Gasteiger partial charge on any atom is 0.546 e. The first-order valence-corrected chi connectivity index (χ1v) is 10.6. The molecule has 32 heavy (non-hydrogen) atoms. The largest absolute Gasteiger partial charge is 0.546 e. The highest BCUT2D eigenvalue weighted by Gasteiger charge is 2.57. The van der Waals surface area contributed by atoms with Crippen LogP contribution in [0.25, 0.3) is 0 Å². The first kappa shape index (κ1) is 25.8. The SMILES string of the molecule is CC(C)CC(NCC(O)C(N)Cc1ccccc1)B1OC(=O)C(CC(=O)O)(CC(=O)O)O1. The summed E-state index contributed by atoms with van der Waals surface area (Å²) in [5.74, 6) is -4.23. The van der Waals surface area contributed by atoms with E-state index in [1.54, 1.807) is 0 Å². The van der Waals surface area contributed by atoms with Gasteiger partial charge in [0.2, 0.25) is 0 Å². The smallest absolute Gasteiger partial charge is 0.506 e. The fraction of sp³-hybridized carbons (Fsp3) is 0.571. The van der Waals surface area contributed by atoms with Crippen LogP contribution in [0.2, 0.25) is 0 Å². The van der Waals surface area contributed by atoms with Gasteiger partial charge in [0.25, 0.3) is 0 Å². The third kappa shape index (κ3) is 7.30. The summed E-state index contributed by atoms with van der Waals surface area (Å²) >= 11 is 0. The van der Waals surface area contributed by atoms with Crippen LogP contribution in [-0.2, 0) is 30.1 Å². The number of nitrogens with two attached hydrogens (primary N) is 1. The number of aliphatic hydroxyl groups excluding tert-OH is 1. The summed E-state index contributed by atoms with van der Waals surface area (Å²) in [6, 6.07) is 8.95. The fourth-order valence-electron chi connectivity index (χ4n) is 3.69.